The average molecular weight is 365 g/mol. The molecule has 1 fully saturated rings. The molecule has 0 radical (unpaired) electrons. The van der Waals surface area contributed by atoms with Gasteiger partial charge in [-0.05, 0) is 36.8 Å². The molecule has 1 unspecified atom stereocenters. The van der Waals surface area contributed by atoms with Gasteiger partial charge in [-0.15, -0.1) is 0 Å². The van der Waals surface area contributed by atoms with Crippen LogP contribution in [0.2, 0.25) is 0 Å². The number of piperazine rings is 1. The SMILES string of the molecule is COc1cccc(C(C)N2CCN(c3ccc(C(F)(F)F)cn3)CC2)c1. The number of rotatable bonds is 4. The van der Waals surface area contributed by atoms with E-state index >= 15 is 0 Å². The molecule has 1 atom stereocenters. The first-order valence-corrected chi connectivity index (χ1v) is 8.54. The van der Waals surface area contributed by atoms with Gasteiger partial charge < -0.3 is 9.64 Å². The van der Waals surface area contributed by atoms with Crippen LogP contribution < -0.4 is 9.64 Å². The van der Waals surface area contributed by atoms with Gasteiger partial charge in [-0.25, -0.2) is 4.98 Å². The van der Waals surface area contributed by atoms with E-state index in [2.05, 4.69) is 22.9 Å². The van der Waals surface area contributed by atoms with Crippen LogP contribution in [0.15, 0.2) is 42.6 Å². The minimum atomic E-state index is -4.35. The van der Waals surface area contributed by atoms with Crippen molar-refractivity contribution in [3.05, 3.63) is 53.7 Å². The Morgan fingerprint density at radius 3 is 2.38 bits per heavy atom. The molecule has 3 rings (SSSR count). The first kappa shape index (κ1) is 18.5. The van der Waals surface area contributed by atoms with E-state index in [1.165, 1.54) is 11.6 Å². The Kier molecular flexibility index (Phi) is 5.36. The molecule has 1 aromatic heterocycles. The second kappa shape index (κ2) is 7.53. The van der Waals surface area contributed by atoms with Gasteiger partial charge in [0, 0.05) is 38.4 Å². The predicted octanol–water partition coefficient (Wildman–Crippen LogP) is 3.99. The van der Waals surface area contributed by atoms with Gasteiger partial charge in [-0.2, -0.15) is 13.2 Å². The van der Waals surface area contributed by atoms with Gasteiger partial charge in [0.2, 0.25) is 0 Å². The summed E-state index contributed by atoms with van der Waals surface area (Å²) in [5.41, 5.74) is 0.469. The van der Waals surface area contributed by atoms with Crippen LogP contribution in [0.3, 0.4) is 0 Å². The van der Waals surface area contributed by atoms with Crippen molar-refractivity contribution in [3.63, 3.8) is 0 Å². The summed E-state index contributed by atoms with van der Waals surface area (Å²) in [6, 6.07) is 10.8. The van der Waals surface area contributed by atoms with Gasteiger partial charge in [0.05, 0.1) is 12.7 Å². The zero-order chi connectivity index (χ0) is 18.7. The van der Waals surface area contributed by atoms with Crippen molar-refractivity contribution >= 4 is 5.82 Å². The fourth-order valence-electron chi connectivity index (χ4n) is 3.19. The Hall–Kier alpha value is -2.28. The largest absolute Gasteiger partial charge is 0.497 e. The molecule has 0 amide bonds. The fourth-order valence-corrected chi connectivity index (χ4v) is 3.19. The Bertz CT molecular complexity index is 726. The molecule has 0 spiro atoms. The average Bonchev–Trinajstić information content (AvgIpc) is 2.67. The summed E-state index contributed by atoms with van der Waals surface area (Å²) in [7, 11) is 1.65. The van der Waals surface area contributed by atoms with Gasteiger partial charge in [-0.3, -0.25) is 4.90 Å². The molecule has 1 aliphatic heterocycles. The molecule has 2 aromatic rings. The van der Waals surface area contributed by atoms with Gasteiger partial charge >= 0.3 is 6.18 Å². The van der Waals surface area contributed by atoms with Crippen LogP contribution in [0, 0.1) is 0 Å². The highest BCUT2D eigenvalue weighted by molar-refractivity contribution is 5.40. The lowest BCUT2D eigenvalue weighted by Gasteiger charge is -2.38. The third kappa shape index (κ3) is 4.09. The van der Waals surface area contributed by atoms with Crippen molar-refractivity contribution in [3.8, 4) is 5.75 Å². The molecule has 0 bridgehead atoms. The molecule has 26 heavy (non-hydrogen) atoms. The van der Waals surface area contributed by atoms with Crippen LogP contribution in [0.4, 0.5) is 19.0 Å². The van der Waals surface area contributed by atoms with E-state index in [1.807, 2.05) is 23.1 Å². The minimum absolute atomic E-state index is 0.243. The summed E-state index contributed by atoms with van der Waals surface area (Å²) < 4.78 is 43.2. The number of alkyl halides is 3. The predicted molar refractivity (Wildman–Crippen MR) is 94.4 cm³/mol. The number of halogens is 3. The van der Waals surface area contributed by atoms with Crippen LogP contribution >= 0.6 is 0 Å². The quantitative estimate of drug-likeness (QED) is 0.819. The maximum atomic E-state index is 12.6. The molecule has 0 N–H and O–H groups in total. The molecule has 0 aliphatic carbocycles. The molecule has 0 saturated carbocycles. The molecule has 2 heterocycles. The minimum Gasteiger partial charge on any atom is -0.497 e. The Balaban J connectivity index is 1.61. The van der Waals surface area contributed by atoms with Gasteiger partial charge in [0.25, 0.3) is 0 Å². The number of anilines is 1. The van der Waals surface area contributed by atoms with Crippen LogP contribution in [0.5, 0.6) is 5.75 Å². The second-order valence-electron chi connectivity index (χ2n) is 6.38. The molecule has 1 saturated heterocycles. The molecule has 4 nitrogen and oxygen atoms in total. The summed E-state index contributed by atoms with van der Waals surface area (Å²) in [6.07, 6.45) is -3.45. The normalized spacial score (nSPS) is 17.2. The van der Waals surface area contributed by atoms with Crippen molar-refractivity contribution in [1.82, 2.24) is 9.88 Å². The van der Waals surface area contributed by atoms with E-state index in [9.17, 15) is 13.2 Å². The number of ether oxygens (including phenoxy) is 1. The van der Waals surface area contributed by atoms with E-state index in [0.717, 1.165) is 44.2 Å². The Morgan fingerprint density at radius 2 is 1.81 bits per heavy atom. The van der Waals surface area contributed by atoms with E-state index in [-0.39, 0.29) is 6.04 Å². The summed E-state index contributed by atoms with van der Waals surface area (Å²) >= 11 is 0. The van der Waals surface area contributed by atoms with E-state index in [4.69, 9.17) is 4.74 Å². The maximum absolute atomic E-state index is 12.6. The highest BCUT2D eigenvalue weighted by Gasteiger charge is 2.31. The molecule has 7 heteroatoms. The summed E-state index contributed by atoms with van der Waals surface area (Å²) in [6.45, 7) is 5.25. The zero-order valence-corrected chi connectivity index (χ0v) is 14.8. The number of nitrogens with zero attached hydrogens (tertiary/aromatic N) is 3. The molecular weight excluding hydrogens is 343 g/mol. The van der Waals surface area contributed by atoms with Crippen molar-refractivity contribution in [1.29, 1.82) is 0 Å². The third-order valence-electron chi connectivity index (χ3n) is 4.84. The van der Waals surface area contributed by atoms with Crippen molar-refractivity contribution < 1.29 is 17.9 Å². The Morgan fingerprint density at radius 1 is 1.08 bits per heavy atom. The first-order valence-electron chi connectivity index (χ1n) is 8.54. The number of hydrogen-bond donors (Lipinski definition) is 0. The number of pyridine rings is 1. The Labute approximate surface area is 151 Å². The van der Waals surface area contributed by atoms with Crippen LogP contribution in [0.1, 0.15) is 24.1 Å². The third-order valence-corrected chi connectivity index (χ3v) is 4.84. The number of methoxy groups -OCH3 is 1. The van der Waals surface area contributed by atoms with Gasteiger partial charge in [0.15, 0.2) is 0 Å². The summed E-state index contributed by atoms with van der Waals surface area (Å²) in [5.74, 6) is 1.42. The van der Waals surface area contributed by atoms with Crippen molar-refractivity contribution in [2.24, 2.45) is 0 Å². The number of benzene rings is 1. The topological polar surface area (TPSA) is 28.6 Å². The molecular formula is C19H22F3N3O. The first-order chi connectivity index (χ1) is 12.4. The van der Waals surface area contributed by atoms with E-state index < -0.39 is 11.7 Å². The van der Waals surface area contributed by atoms with E-state index in [1.54, 1.807) is 7.11 Å². The van der Waals surface area contributed by atoms with Crippen molar-refractivity contribution in [2.75, 3.05) is 38.2 Å². The second-order valence-corrected chi connectivity index (χ2v) is 6.38. The smallest absolute Gasteiger partial charge is 0.417 e. The molecule has 1 aromatic carbocycles. The highest BCUT2D eigenvalue weighted by Crippen LogP contribution is 2.30. The number of hydrogen-bond acceptors (Lipinski definition) is 4. The maximum Gasteiger partial charge on any atom is 0.417 e. The lowest BCUT2D eigenvalue weighted by atomic mass is 10.1. The molecule has 140 valence electrons. The highest BCUT2D eigenvalue weighted by atomic mass is 19.4. The van der Waals surface area contributed by atoms with Gasteiger partial charge in [-0.1, -0.05) is 12.1 Å². The lowest BCUT2D eigenvalue weighted by molar-refractivity contribution is -0.137. The summed E-state index contributed by atoms with van der Waals surface area (Å²) in [4.78, 5) is 8.37. The van der Waals surface area contributed by atoms with Crippen molar-refractivity contribution in [2.45, 2.75) is 19.1 Å². The van der Waals surface area contributed by atoms with Crippen LogP contribution in [-0.2, 0) is 6.18 Å². The van der Waals surface area contributed by atoms with Crippen LogP contribution in [-0.4, -0.2) is 43.2 Å². The van der Waals surface area contributed by atoms with E-state index in [0.29, 0.717) is 5.82 Å². The summed E-state index contributed by atoms with van der Waals surface area (Å²) in [5, 5.41) is 0. The fraction of sp³-hybridized carbons (Fsp3) is 0.421. The zero-order valence-electron chi connectivity index (χ0n) is 14.8. The standard InChI is InChI=1S/C19H22F3N3O/c1-14(15-4-3-5-17(12-15)26-2)24-8-10-25(11-9-24)18-7-6-16(13-23-18)19(20,21)22/h3-7,12-14H,8-11H2,1-2H3. The molecule has 1 aliphatic rings. The monoisotopic (exact) mass is 365 g/mol. The number of aromatic nitrogens is 1. The van der Waals surface area contributed by atoms with Gasteiger partial charge in [0.1, 0.15) is 11.6 Å². The van der Waals surface area contributed by atoms with Crippen LogP contribution in [0.25, 0.3) is 0 Å². The lowest BCUT2D eigenvalue weighted by Crippen LogP contribution is -2.47.